The summed E-state index contributed by atoms with van der Waals surface area (Å²) in [6.07, 6.45) is 0. The van der Waals surface area contributed by atoms with Crippen LogP contribution in [-0.4, -0.2) is 40.4 Å². The predicted octanol–water partition coefficient (Wildman–Crippen LogP) is 3.12. The van der Waals surface area contributed by atoms with Gasteiger partial charge in [0.1, 0.15) is 0 Å². The lowest BCUT2D eigenvalue weighted by molar-refractivity contribution is 0.248. The molecule has 0 amide bonds. The molecule has 1 fully saturated rings. The van der Waals surface area contributed by atoms with E-state index in [0.29, 0.717) is 6.54 Å². The van der Waals surface area contributed by atoms with Crippen LogP contribution in [0.4, 0.5) is 5.69 Å². The Morgan fingerprint density at radius 2 is 1.50 bits per heavy atom. The molecule has 0 N–H and O–H groups in total. The van der Waals surface area contributed by atoms with Gasteiger partial charge in [0, 0.05) is 51.2 Å². The van der Waals surface area contributed by atoms with Crippen LogP contribution in [0.5, 0.6) is 0 Å². The van der Waals surface area contributed by atoms with Gasteiger partial charge in [-0.2, -0.15) is 0 Å². The number of nitrogens with zero attached hydrogens (tertiary/aromatic N) is 4. The normalized spacial score (nSPS) is 15.2. The highest BCUT2D eigenvalue weighted by molar-refractivity contribution is 5.53. The summed E-state index contributed by atoms with van der Waals surface area (Å²) >= 11 is 0. The smallest absolute Gasteiger partial charge is 0.276 e. The molecule has 1 saturated heterocycles. The minimum atomic E-state index is 0.0903. The monoisotopic (exact) mass is 376 g/mol. The van der Waals surface area contributed by atoms with Crippen molar-refractivity contribution in [2.75, 3.05) is 31.1 Å². The van der Waals surface area contributed by atoms with Crippen molar-refractivity contribution in [1.82, 2.24) is 14.3 Å². The molecule has 5 heteroatoms. The van der Waals surface area contributed by atoms with Gasteiger partial charge in [-0.15, -0.1) is 0 Å². The Balaban J connectivity index is 1.51. The van der Waals surface area contributed by atoms with Gasteiger partial charge in [-0.05, 0) is 37.6 Å². The zero-order chi connectivity index (χ0) is 19.7. The fourth-order valence-corrected chi connectivity index (χ4v) is 4.09. The summed E-state index contributed by atoms with van der Waals surface area (Å²) in [5.74, 6) is 0. The Morgan fingerprint density at radius 1 is 0.857 bits per heavy atom. The molecule has 4 rings (SSSR count). The number of piperazine rings is 1. The lowest BCUT2D eigenvalue weighted by atomic mass is 10.1. The van der Waals surface area contributed by atoms with Gasteiger partial charge in [0.05, 0.1) is 11.3 Å². The zero-order valence-electron chi connectivity index (χ0n) is 16.9. The largest absolute Gasteiger partial charge is 0.369 e. The van der Waals surface area contributed by atoms with Crippen LogP contribution in [0, 0.1) is 13.8 Å². The lowest BCUT2D eigenvalue weighted by Gasteiger charge is -2.36. The third-order valence-corrected chi connectivity index (χ3v) is 5.88. The molecular weight excluding hydrogens is 348 g/mol. The summed E-state index contributed by atoms with van der Waals surface area (Å²) in [6, 6.07) is 18.4. The highest BCUT2D eigenvalue weighted by atomic mass is 16.1. The number of hydrogen-bond donors (Lipinski definition) is 0. The van der Waals surface area contributed by atoms with Crippen molar-refractivity contribution in [2.45, 2.75) is 20.4 Å². The Labute approximate surface area is 166 Å². The van der Waals surface area contributed by atoms with Crippen LogP contribution >= 0.6 is 0 Å². The molecule has 1 aliphatic rings. The van der Waals surface area contributed by atoms with E-state index in [1.165, 1.54) is 11.3 Å². The summed E-state index contributed by atoms with van der Waals surface area (Å²) in [6.45, 7) is 8.83. The van der Waals surface area contributed by atoms with E-state index in [0.717, 1.165) is 43.1 Å². The second-order valence-electron chi connectivity index (χ2n) is 7.59. The third-order valence-electron chi connectivity index (χ3n) is 5.88. The molecule has 146 valence electrons. The number of benzene rings is 2. The van der Waals surface area contributed by atoms with Crippen molar-refractivity contribution in [3.8, 4) is 5.69 Å². The minimum Gasteiger partial charge on any atom is -0.369 e. The van der Waals surface area contributed by atoms with Gasteiger partial charge < -0.3 is 4.90 Å². The number of aryl methyl sites for hydroxylation is 1. The molecule has 0 saturated carbocycles. The number of aromatic nitrogens is 2. The maximum Gasteiger partial charge on any atom is 0.276 e. The highest BCUT2D eigenvalue weighted by Crippen LogP contribution is 2.21. The van der Waals surface area contributed by atoms with Crippen LogP contribution in [0.2, 0.25) is 0 Å². The van der Waals surface area contributed by atoms with Gasteiger partial charge in [0.25, 0.3) is 5.56 Å². The second-order valence-corrected chi connectivity index (χ2v) is 7.59. The predicted molar refractivity (Wildman–Crippen MR) is 114 cm³/mol. The van der Waals surface area contributed by atoms with Gasteiger partial charge in [0.2, 0.25) is 0 Å². The fraction of sp³-hybridized carbons (Fsp3) is 0.348. The Hall–Kier alpha value is -2.79. The van der Waals surface area contributed by atoms with Gasteiger partial charge in [0.15, 0.2) is 0 Å². The van der Waals surface area contributed by atoms with Crippen molar-refractivity contribution in [1.29, 1.82) is 0 Å². The molecule has 3 aromatic rings. The SMILES string of the molecule is Cc1ccccc1N1CCN(Cc2c(C)n(C)n(-c3ccccc3)c2=O)CC1. The van der Waals surface area contributed by atoms with E-state index >= 15 is 0 Å². The quantitative estimate of drug-likeness (QED) is 0.702. The first kappa shape index (κ1) is 18.6. The van der Waals surface area contributed by atoms with Crippen molar-refractivity contribution >= 4 is 5.69 Å². The van der Waals surface area contributed by atoms with Crippen LogP contribution in [0.3, 0.4) is 0 Å². The number of hydrogen-bond acceptors (Lipinski definition) is 3. The van der Waals surface area contributed by atoms with Crippen LogP contribution < -0.4 is 10.5 Å². The van der Waals surface area contributed by atoms with E-state index in [-0.39, 0.29) is 5.56 Å². The van der Waals surface area contributed by atoms with Crippen molar-refractivity contribution < 1.29 is 0 Å². The second kappa shape index (κ2) is 7.68. The van der Waals surface area contributed by atoms with E-state index in [1.54, 1.807) is 4.68 Å². The first-order chi connectivity index (χ1) is 13.6. The van der Waals surface area contributed by atoms with Crippen LogP contribution in [-0.2, 0) is 13.6 Å². The van der Waals surface area contributed by atoms with Gasteiger partial charge in [-0.1, -0.05) is 36.4 Å². The average molecular weight is 377 g/mol. The first-order valence-corrected chi connectivity index (χ1v) is 9.92. The summed E-state index contributed by atoms with van der Waals surface area (Å²) in [7, 11) is 1.96. The Bertz CT molecular complexity index is 1010. The maximum atomic E-state index is 13.1. The van der Waals surface area contributed by atoms with Gasteiger partial charge in [-0.25, -0.2) is 4.68 Å². The standard InChI is InChI=1S/C23H28N4O/c1-18-9-7-8-12-22(18)26-15-13-25(14-16-26)17-21-19(2)24(3)27(23(21)28)20-10-5-4-6-11-20/h4-12H,13-17H2,1-3H3. The van der Waals surface area contributed by atoms with Crippen LogP contribution in [0.15, 0.2) is 59.4 Å². The van der Waals surface area contributed by atoms with Gasteiger partial charge >= 0.3 is 0 Å². The average Bonchev–Trinajstić information content (AvgIpc) is 2.93. The van der Waals surface area contributed by atoms with E-state index in [9.17, 15) is 4.79 Å². The fourth-order valence-electron chi connectivity index (χ4n) is 4.09. The molecular formula is C23H28N4O. The molecule has 0 unspecified atom stereocenters. The molecule has 2 aromatic carbocycles. The Kier molecular flexibility index (Phi) is 5.09. The number of rotatable bonds is 4. The van der Waals surface area contributed by atoms with Crippen LogP contribution in [0.25, 0.3) is 5.69 Å². The molecule has 1 aliphatic heterocycles. The number of anilines is 1. The lowest BCUT2D eigenvalue weighted by Crippen LogP contribution is -2.46. The molecule has 0 aliphatic carbocycles. The summed E-state index contributed by atoms with van der Waals surface area (Å²) < 4.78 is 3.74. The van der Waals surface area contributed by atoms with E-state index in [2.05, 4.69) is 41.0 Å². The van der Waals surface area contributed by atoms with Crippen molar-refractivity contribution in [3.63, 3.8) is 0 Å². The zero-order valence-corrected chi connectivity index (χ0v) is 16.9. The Morgan fingerprint density at radius 3 is 2.18 bits per heavy atom. The molecule has 1 aromatic heterocycles. The van der Waals surface area contributed by atoms with Crippen LogP contribution in [0.1, 0.15) is 16.8 Å². The molecule has 28 heavy (non-hydrogen) atoms. The maximum absolute atomic E-state index is 13.1. The minimum absolute atomic E-state index is 0.0903. The molecule has 0 spiro atoms. The number of para-hydroxylation sites is 2. The topological polar surface area (TPSA) is 33.4 Å². The van der Waals surface area contributed by atoms with E-state index < -0.39 is 0 Å². The molecule has 2 heterocycles. The summed E-state index contributed by atoms with van der Waals surface area (Å²) in [5, 5.41) is 0. The third kappa shape index (κ3) is 3.38. The van der Waals surface area contributed by atoms with Crippen molar-refractivity contribution in [3.05, 3.63) is 81.8 Å². The van der Waals surface area contributed by atoms with Crippen molar-refractivity contribution in [2.24, 2.45) is 7.05 Å². The van der Waals surface area contributed by atoms with E-state index in [4.69, 9.17) is 0 Å². The first-order valence-electron chi connectivity index (χ1n) is 9.92. The summed E-state index contributed by atoms with van der Waals surface area (Å²) in [5.41, 5.74) is 5.58. The van der Waals surface area contributed by atoms with E-state index in [1.807, 2.05) is 49.0 Å². The highest BCUT2D eigenvalue weighted by Gasteiger charge is 2.22. The molecule has 0 bridgehead atoms. The van der Waals surface area contributed by atoms with Gasteiger partial charge in [-0.3, -0.25) is 14.4 Å². The molecule has 0 radical (unpaired) electrons. The molecule has 0 atom stereocenters. The molecule has 5 nitrogen and oxygen atoms in total. The summed E-state index contributed by atoms with van der Waals surface area (Å²) in [4.78, 5) is 18.0.